The molecule has 3 aromatic heterocycles. The fourth-order valence-corrected chi connectivity index (χ4v) is 10.2. The molecule has 0 aliphatic carbocycles. The van der Waals surface area contributed by atoms with Crippen molar-refractivity contribution in [2.45, 2.75) is 0 Å². The van der Waals surface area contributed by atoms with Gasteiger partial charge in [0.25, 0.3) is 0 Å². The van der Waals surface area contributed by atoms with Crippen LogP contribution in [0.4, 0.5) is 5.69 Å². The van der Waals surface area contributed by atoms with E-state index in [-0.39, 0.29) is 0 Å². The third kappa shape index (κ3) is 4.24. The van der Waals surface area contributed by atoms with Crippen LogP contribution in [0.5, 0.6) is 0 Å². The molecule has 0 amide bonds. The monoisotopic (exact) mass is 726 g/mol. The molecule has 226 valence electrons. The number of pyridine rings is 1. The first kappa shape index (κ1) is 27.5. The Morgan fingerprint density at radius 1 is 0.458 bits per heavy atom. The van der Waals surface area contributed by atoms with Gasteiger partial charge in [0.15, 0.2) is 3.84 Å². The summed E-state index contributed by atoms with van der Waals surface area (Å²) < 4.78 is 7.28. The quantitative estimate of drug-likeness (QED) is 0.167. The second-order valence-electron chi connectivity index (χ2n) is 12.0. The molecule has 10 rings (SSSR count). The Kier molecular flexibility index (Phi) is 6.27. The summed E-state index contributed by atoms with van der Waals surface area (Å²) in [6, 6.07) is 56.6. The van der Waals surface area contributed by atoms with Crippen LogP contribution in [-0.4, -0.2) is 21.5 Å². The summed E-state index contributed by atoms with van der Waals surface area (Å²) in [5.74, 6) is 0. The summed E-state index contributed by atoms with van der Waals surface area (Å²) in [4.78, 5) is 10.2. The van der Waals surface area contributed by atoms with Crippen LogP contribution in [0.3, 0.4) is 0 Å². The number of aliphatic imine (C=N–C) groups is 1. The summed E-state index contributed by atoms with van der Waals surface area (Å²) in [5, 5.41) is 3.63. The van der Waals surface area contributed by atoms with Crippen LogP contribution in [0.1, 0.15) is 11.1 Å². The van der Waals surface area contributed by atoms with Gasteiger partial charge in [-0.25, -0.2) is 4.99 Å². The lowest BCUT2D eigenvalue weighted by Gasteiger charge is -2.18. The lowest BCUT2D eigenvalue weighted by molar-refractivity contribution is 1.18. The lowest BCUT2D eigenvalue weighted by atomic mass is 10.0. The molecule has 0 radical (unpaired) electrons. The molecule has 0 saturated heterocycles. The summed E-state index contributed by atoms with van der Waals surface area (Å²) in [7, 11) is 0. The fourth-order valence-electron chi connectivity index (χ4n) is 7.12. The molecule has 0 fully saturated rings. The minimum atomic E-state index is -0.574. The van der Waals surface area contributed by atoms with Crippen LogP contribution in [-0.2, 0) is 0 Å². The van der Waals surface area contributed by atoms with Crippen LogP contribution < -0.4 is 0 Å². The van der Waals surface area contributed by atoms with Crippen LogP contribution in [0.25, 0.3) is 60.6 Å². The third-order valence-electron chi connectivity index (χ3n) is 9.28. The maximum absolute atomic E-state index is 5.33. The first-order chi connectivity index (χ1) is 23.8. The number of hydrogen-bond acceptors (Lipinski definition) is 2. The number of halogens is 1. The molecule has 0 spiro atoms. The van der Waals surface area contributed by atoms with Gasteiger partial charge in [-0.2, -0.15) is 0 Å². The van der Waals surface area contributed by atoms with E-state index in [1.54, 1.807) is 0 Å². The number of benzene rings is 6. The Bertz CT molecular complexity index is 2770. The van der Waals surface area contributed by atoms with Crippen molar-refractivity contribution in [3.63, 3.8) is 0 Å². The zero-order chi connectivity index (χ0) is 31.6. The highest BCUT2D eigenvalue weighted by atomic mass is 127. The first-order valence-electron chi connectivity index (χ1n) is 16.1. The van der Waals surface area contributed by atoms with E-state index in [4.69, 9.17) is 9.98 Å². The largest absolute Gasteiger partial charge is 0.308 e. The van der Waals surface area contributed by atoms with E-state index in [1.165, 1.54) is 47.6 Å². The van der Waals surface area contributed by atoms with Gasteiger partial charge in [-0.1, -0.05) is 97.1 Å². The molecular formula is C43H27IN4. The van der Waals surface area contributed by atoms with E-state index in [0.29, 0.717) is 0 Å². The van der Waals surface area contributed by atoms with Gasteiger partial charge in [-0.05, 0) is 98.1 Å². The number of rotatable bonds is 3. The lowest BCUT2D eigenvalue weighted by Crippen LogP contribution is -2.12. The number of hydrogen-bond donors (Lipinski definition) is 0. The maximum atomic E-state index is 5.33. The Morgan fingerprint density at radius 3 is 1.94 bits per heavy atom. The van der Waals surface area contributed by atoms with Crippen molar-refractivity contribution in [1.82, 2.24) is 14.1 Å². The second kappa shape index (κ2) is 11.0. The van der Waals surface area contributed by atoms with Gasteiger partial charge in [-0.15, -0.1) is 0 Å². The molecule has 0 N–H and O–H groups in total. The Balaban J connectivity index is 1.17. The molecule has 9 aromatic rings. The zero-order valence-corrected chi connectivity index (χ0v) is 27.9. The third-order valence-corrected chi connectivity index (χ3v) is 12.2. The molecule has 4 heterocycles. The molecule has 1 aliphatic rings. The van der Waals surface area contributed by atoms with E-state index >= 15 is 0 Å². The standard InChI is InChI=1S/C43H27IN4/c1-3-12-28(13-4-1)41-33-17-7-9-18-36(33)46-43(44-41)48-37-19-10-8-16-32(37)34-26-29(21-23-38(34)48)30-22-24-39-35(27-30)42-40(20-11-25-45-42)47(39)31-14-5-2-6-15-31/h1-27H. The Labute approximate surface area is 287 Å². The van der Waals surface area contributed by atoms with Crippen LogP contribution in [0.15, 0.2) is 169 Å². The van der Waals surface area contributed by atoms with E-state index in [0.717, 1.165) is 37.2 Å². The van der Waals surface area contributed by atoms with Crippen molar-refractivity contribution < 1.29 is 0 Å². The summed E-state index contributed by atoms with van der Waals surface area (Å²) in [6.07, 6.45) is 1.89. The second-order valence-corrected chi connectivity index (χ2v) is 14.6. The van der Waals surface area contributed by atoms with E-state index in [9.17, 15) is 0 Å². The van der Waals surface area contributed by atoms with Crippen molar-refractivity contribution in [2.24, 2.45) is 4.99 Å². The molecule has 4 nitrogen and oxygen atoms in total. The molecule has 0 unspecified atom stereocenters. The number of nitrogens with zero attached hydrogens (tertiary/aromatic N) is 4. The summed E-state index contributed by atoms with van der Waals surface area (Å²) in [6.45, 7) is 0. The average molecular weight is 727 g/mol. The highest BCUT2D eigenvalue weighted by Gasteiger charge is 2.22. The van der Waals surface area contributed by atoms with Gasteiger partial charge in [0.2, 0.25) is 0 Å². The average Bonchev–Trinajstić information content (AvgIpc) is 3.67. The van der Waals surface area contributed by atoms with Gasteiger partial charge < -0.3 is 4.57 Å². The van der Waals surface area contributed by atoms with Crippen LogP contribution >= 0.6 is 20.7 Å². The Morgan fingerprint density at radius 2 is 1.10 bits per heavy atom. The molecule has 1 aliphatic heterocycles. The minimum absolute atomic E-state index is 0.574. The van der Waals surface area contributed by atoms with Gasteiger partial charge in [-0.3, -0.25) is 9.55 Å². The van der Waals surface area contributed by atoms with E-state index in [2.05, 4.69) is 161 Å². The molecule has 48 heavy (non-hydrogen) atoms. The number of fused-ring (bicyclic) bond motifs is 7. The molecule has 0 bridgehead atoms. The van der Waals surface area contributed by atoms with Crippen molar-refractivity contribution in [1.29, 1.82) is 0 Å². The highest BCUT2D eigenvalue weighted by molar-refractivity contribution is 14.2. The van der Waals surface area contributed by atoms with E-state index in [1.807, 2.05) is 12.3 Å². The highest BCUT2D eigenvalue weighted by Crippen LogP contribution is 2.39. The zero-order valence-electron chi connectivity index (χ0n) is 25.8. The molecule has 0 saturated carbocycles. The molecule has 6 aromatic carbocycles. The molecule has 5 heteroatoms. The summed E-state index contributed by atoms with van der Waals surface area (Å²) in [5.41, 5.74) is 12.7. The van der Waals surface area contributed by atoms with Gasteiger partial charge >= 0.3 is 0 Å². The van der Waals surface area contributed by atoms with Crippen molar-refractivity contribution in [3.8, 4) is 16.8 Å². The maximum Gasteiger partial charge on any atom is 0.171 e. The van der Waals surface area contributed by atoms with Crippen molar-refractivity contribution >= 4 is 77.5 Å². The topological polar surface area (TPSA) is 35.1 Å². The van der Waals surface area contributed by atoms with Crippen LogP contribution in [0, 0.1) is 0 Å². The van der Waals surface area contributed by atoms with Crippen LogP contribution in [0.2, 0.25) is 0 Å². The minimum Gasteiger partial charge on any atom is -0.308 e. The summed E-state index contributed by atoms with van der Waals surface area (Å²) >= 11 is -0.574. The van der Waals surface area contributed by atoms with Gasteiger partial charge in [0, 0.05) is 37.1 Å². The van der Waals surface area contributed by atoms with Gasteiger partial charge in [0.1, 0.15) is 0 Å². The SMILES string of the molecule is c1ccc(C2=IC(n3c4ccccc4c4cc(-c5ccc6c(c5)c5ncccc5n6-c5ccccc5)ccc43)=Nc3ccccc32)cc1. The van der Waals surface area contributed by atoms with Crippen molar-refractivity contribution in [3.05, 3.63) is 175 Å². The first-order valence-corrected chi connectivity index (χ1v) is 18.2. The Hall–Kier alpha value is -5.66. The predicted molar refractivity (Wildman–Crippen MR) is 210 cm³/mol. The van der Waals surface area contributed by atoms with Gasteiger partial charge in [0.05, 0.1) is 33.3 Å². The smallest absolute Gasteiger partial charge is 0.171 e. The van der Waals surface area contributed by atoms with Crippen molar-refractivity contribution in [2.75, 3.05) is 0 Å². The number of aromatic nitrogens is 3. The molecular weight excluding hydrogens is 699 g/mol. The molecule has 0 atom stereocenters. The van der Waals surface area contributed by atoms with E-state index < -0.39 is 20.7 Å². The normalized spacial score (nSPS) is 13.0. The predicted octanol–water partition coefficient (Wildman–Crippen LogP) is 11.0. The number of para-hydroxylation sites is 3. The fraction of sp³-hybridized carbons (Fsp3) is 0.